The van der Waals surface area contributed by atoms with Gasteiger partial charge in [0.2, 0.25) is 0 Å². The molecule has 25 fully saturated rings. The Labute approximate surface area is 721 Å². The van der Waals surface area contributed by atoms with Gasteiger partial charge in [-0.3, -0.25) is 157 Å². The lowest BCUT2D eigenvalue weighted by Gasteiger charge is -2.53. The number of benzene rings is 4. The zero-order valence-electron chi connectivity index (χ0n) is 67.8. The van der Waals surface area contributed by atoms with Crippen LogP contribution in [0.15, 0.2) is 97.1 Å². The zero-order chi connectivity index (χ0) is 86.5. The summed E-state index contributed by atoms with van der Waals surface area (Å²) in [6.07, 6.45) is -20.4. The molecule has 1 saturated carbocycles. The molecule has 24 saturated heterocycles. The van der Waals surface area contributed by atoms with Crippen molar-refractivity contribution < 1.29 is 99.6 Å². The molecule has 29 rings (SSSR count). The molecule has 0 radical (unpaired) electrons. The van der Waals surface area contributed by atoms with Crippen LogP contribution in [0.3, 0.4) is 0 Å². The number of quaternary nitrogens is 4. The van der Waals surface area contributed by atoms with Crippen LogP contribution in [-0.4, -0.2) is 459 Å². The molecule has 24 aliphatic heterocycles. The third-order valence-electron chi connectivity index (χ3n) is 32.1. The summed E-state index contributed by atoms with van der Waals surface area (Å²) in [6.45, 7) is -8.88. The van der Waals surface area contributed by atoms with Crippen molar-refractivity contribution in [3.05, 3.63) is 119 Å². The fourth-order valence-electron chi connectivity index (χ4n) is 26.7. The van der Waals surface area contributed by atoms with Crippen molar-refractivity contribution in [3.8, 4) is 0 Å². The number of rotatable bonds is 4. The smallest absolute Gasteiger partial charge is 0.325 e. The monoisotopic (exact) mass is 1750 g/mol. The zero-order valence-corrected chi connectivity index (χ0v) is 67.8. The van der Waals surface area contributed by atoms with E-state index in [9.17, 15) is 0 Å². The summed E-state index contributed by atoms with van der Waals surface area (Å²) in [5, 5.41) is 0. The first kappa shape index (κ1) is 71.3. The van der Waals surface area contributed by atoms with Crippen molar-refractivity contribution in [3.63, 3.8) is 0 Å². The van der Waals surface area contributed by atoms with Crippen LogP contribution in [0.2, 0.25) is 0 Å². The van der Waals surface area contributed by atoms with E-state index in [0.29, 0.717) is 23.7 Å². The highest BCUT2D eigenvalue weighted by Crippen LogP contribution is 2.67. The Morgan fingerprint density at radius 2 is 0.203 bits per heavy atom. The molecule has 24 heterocycles. The summed E-state index contributed by atoms with van der Waals surface area (Å²) < 4.78 is 0. The Hall–Kier alpha value is -15.0. The molecular weight excluding hydrogens is 1670 g/mol. The van der Waals surface area contributed by atoms with Gasteiger partial charge in [0.1, 0.15) is 129 Å². The average Bonchev–Trinajstić information content (AvgIpc) is 1.54. The van der Waals surface area contributed by atoms with E-state index >= 15 is 76.7 Å². The van der Waals surface area contributed by atoms with E-state index in [1.54, 1.807) is 0 Å². The van der Waals surface area contributed by atoms with E-state index in [1.165, 1.54) is 179 Å². The minimum atomic E-state index is -1.28. The maximum Gasteiger partial charge on any atom is 0.326 e. The van der Waals surface area contributed by atoms with Crippen molar-refractivity contribution in [1.82, 2.24) is 157 Å². The first-order valence-electron chi connectivity index (χ1n) is 42.7. The Kier molecular flexibility index (Phi) is 12.8. The number of hydrogen-bond acceptors (Lipinski definition) is 16. The summed E-state index contributed by atoms with van der Waals surface area (Å²) in [7, 11) is 0. The molecule has 25 aliphatic rings. The van der Waals surface area contributed by atoms with Crippen molar-refractivity contribution >= 4 is 119 Å². The largest absolute Gasteiger partial charge is 0.326 e. The van der Waals surface area contributed by atoms with Gasteiger partial charge in [0.25, 0.3) is 0 Å². The number of amides is 32. The molecule has 0 atom stereocenters. The summed E-state index contributed by atoms with van der Waals surface area (Å²) in [5.74, 6) is 1.52. The number of carbonyl (C=O) groups is 16. The molecule has 1 aliphatic carbocycles. The maximum atomic E-state index is 15.5. The third-order valence-corrected chi connectivity index (χ3v) is 32.1. The van der Waals surface area contributed by atoms with Gasteiger partial charge < -0.3 is 22.9 Å². The third kappa shape index (κ3) is 8.04. The lowest BCUT2D eigenvalue weighted by atomic mass is 9.49. The van der Waals surface area contributed by atoms with Crippen molar-refractivity contribution in [1.29, 1.82) is 0 Å². The molecule has 32 amide bonds. The molecule has 0 aromatic heterocycles. The second kappa shape index (κ2) is 23.0. The number of nitrogens with zero attached hydrogens (tertiary/aromatic N) is 32. The number of hydrogen-bond donors (Lipinski definition) is 4. The molecule has 0 bridgehead atoms. The van der Waals surface area contributed by atoms with Crippen LogP contribution >= 0.6 is 0 Å². The topological polar surface area (TPSA) is 487 Å². The number of urea groups is 16. The summed E-state index contributed by atoms with van der Waals surface area (Å²) in [4.78, 5) is 289. The summed E-state index contributed by atoms with van der Waals surface area (Å²) >= 11 is 0. The van der Waals surface area contributed by atoms with Crippen molar-refractivity contribution in [2.24, 2.45) is 0 Å². The van der Waals surface area contributed by atoms with E-state index in [-0.39, 0.29) is 0 Å². The molecule has 128 heavy (non-hydrogen) atoms. The Morgan fingerprint density at radius 1 is 0.133 bits per heavy atom. The minimum absolute atomic E-state index is 0.381. The fourth-order valence-corrected chi connectivity index (χ4v) is 26.7. The summed E-state index contributed by atoms with van der Waals surface area (Å²) in [5.41, 5.74) is 26.0. The molecule has 52 heteroatoms. The van der Waals surface area contributed by atoms with Crippen LogP contribution in [0.1, 0.15) is 45.9 Å². The van der Waals surface area contributed by atoms with E-state index in [2.05, 4.69) is 120 Å². The van der Waals surface area contributed by atoms with Crippen molar-refractivity contribution in [2.75, 3.05) is 107 Å². The predicted molar refractivity (Wildman–Crippen MR) is 411 cm³/mol. The molecule has 52 nitrogen and oxygen atoms in total. The molecule has 4 aromatic carbocycles. The average molecular weight is 1750 g/mol. The van der Waals surface area contributed by atoms with E-state index in [0.717, 1.165) is 22.7 Å². The van der Waals surface area contributed by atoms with Gasteiger partial charge >= 0.3 is 96.5 Å². The normalized spacial score (nSPS) is 35.8. The lowest BCUT2D eigenvalue weighted by molar-refractivity contribution is -0.255. The quantitative estimate of drug-likeness (QED) is 0.149. The maximum absolute atomic E-state index is 15.5. The molecule has 4 aromatic rings. The van der Waals surface area contributed by atoms with Crippen molar-refractivity contribution in [2.45, 2.75) is 122 Å². The second-order valence-electron chi connectivity index (χ2n) is 37.5. The number of carbonyl (C=O) groups excluding carboxylic acids is 16. The first-order valence-corrected chi connectivity index (χ1v) is 42.7. The SMILES string of the molecule is O=C1N2CN3C(=O)N4CN5C(=O)N6CN7C(=O)N8CN9C(=O)N%10CN%11C(=O)N%12CN%13C(=O)N%14CN%15C(=O)N%16CN1C1C2N2CN%17C(=O)N(CN%18C(=O)N(CN%19C(=O)N(CN%20C(=O)N(CN%21C(=O)N(CN%22C(=O)N(CN%23C(=O)N(CN1C2=O)C%16C%15%23)C%14C%13%22)C%12C%11%21)C%10C9%20)C8C7%19)C6C5%18)C4C3%17.[NH3+]c1ccc(C2C(c3ccc([NH3+])cc3)C(c3ccc([NH3+])cc3)C2c2ccc([NH3+])cc2)cc1. The molecular formula is C76H80N36O16+4. The van der Waals surface area contributed by atoms with Crippen LogP contribution < -0.4 is 22.9 Å². The Morgan fingerprint density at radius 3 is 0.273 bits per heavy atom. The summed E-state index contributed by atoms with van der Waals surface area (Å²) in [6, 6.07) is 23.2. The van der Waals surface area contributed by atoms with Crippen LogP contribution in [0.25, 0.3) is 0 Å². The standard InChI is InChI=1S/C48H48N32O16.C28H28N4/c81-33-49-1-50-18-20-54(34(50)82)4-58-22-24-62(38(58)86)8-66-26-28-70(42(66)90)12-74-30-32-78(46(74)94)15-77-31-29-73(45(77)93)11-69-27-25-65(41(69)89)7-61-23-21-57(37(61)85)3-53(33)19-17(49)51-2-52(18)36(84)56(20)6-60(22)40(88)64(24)10-68(26)44(92)72(28)14-76(30)48(96)80(32)16-79(31)47(95)75(29)13-71(27)43(91)67(25)9-63(23)39(87)59(21)5-55(19)35(51)83;29-21-9-1-17(2-10-21)25-26(18-3-11-22(30)12-4-18)28(20-7-15-24(32)16-8-20)27(25)19-5-13-23(31)14-6-19/h17-32H,1-16H2;1-16,25-28H,29-32H2/p+4. The Balaban J connectivity index is 0.000000214. The molecule has 12 N–H and O–H groups in total. The first-order chi connectivity index (χ1) is 61.8. The minimum Gasteiger partial charge on any atom is -0.325 e. The Bertz CT molecular complexity index is 4570. The van der Waals surface area contributed by atoms with Gasteiger partial charge in [0.05, 0.1) is 0 Å². The highest BCUT2D eigenvalue weighted by molar-refractivity contribution is 5.97. The van der Waals surface area contributed by atoms with Gasteiger partial charge in [-0.2, -0.15) is 0 Å². The van der Waals surface area contributed by atoms with Crippen LogP contribution in [0, 0.1) is 0 Å². The molecule has 656 valence electrons. The van der Waals surface area contributed by atoms with Gasteiger partial charge in [0.15, 0.2) is 98.7 Å². The highest BCUT2D eigenvalue weighted by Gasteiger charge is 2.78. The van der Waals surface area contributed by atoms with Crippen LogP contribution in [0.5, 0.6) is 0 Å². The van der Waals surface area contributed by atoms with Gasteiger partial charge in [-0.15, -0.1) is 0 Å². The van der Waals surface area contributed by atoms with E-state index in [4.69, 9.17) is 0 Å². The van der Waals surface area contributed by atoms with E-state index in [1.807, 2.05) is 0 Å². The molecule has 0 unspecified atom stereocenters. The second-order valence-corrected chi connectivity index (χ2v) is 37.5. The van der Waals surface area contributed by atoms with Gasteiger partial charge in [-0.25, -0.2) is 76.7 Å². The van der Waals surface area contributed by atoms with Gasteiger partial charge in [-0.1, -0.05) is 48.5 Å². The predicted octanol–water partition coefficient (Wildman–Crippen LogP) is -4.92. The highest BCUT2D eigenvalue weighted by atomic mass is 16.3. The van der Waals surface area contributed by atoms with Gasteiger partial charge in [-0.05, 0) is 94.5 Å². The van der Waals surface area contributed by atoms with Gasteiger partial charge in [0, 0.05) is 0 Å². The van der Waals surface area contributed by atoms with E-state index < -0.39 is 302 Å². The molecule has 0 spiro atoms. The fraction of sp³-hybridized carbons (Fsp3) is 0.474. The van der Waals surface area contributed by atoms with Crippen LogP contribution in [-0.2, 0) is 0 Å². The van der Waals surface area contributed by atoms with Crippen LogP contribution in [0.4, 0.5) is 99.5 Å². The lowest BCUT2D eigenvalue weighted by Crippen LogP contribution is -2.63.